The first kappa shape index (κ1) is 18.6. The van der Waals surface area contributed by atoms with Crippen LogP contribution in [0, 0.1) is 0 Å². The van der Waals surface area contributed by atoms with Crippen LogP contribution in [0.15, 0.2) is 23.1 Å². The van der Waals surface area contributed by atoms with Gasteiger partial charge in [-0.1, -0.05) is 19.8 Å². The molecule has 4 nitrogen and oxygen atoms in total. The number of halogens is 3. The molecule has 132 valence electrons. The highest BCUT2D eigenvalue weighted by molar-refractivity contribution is 8.01. The largest absolute Gasteiger partial charge is 0.416 e. The Morgan fingerprint density at radius 1 is 1.33 bits per heavy atom. The van der Waals surface area contributed by atoms with Gasteiger partial charge in [-0.3, -0.25) is 9.59 Å². The Morgan fingerprint density at radius 3 is 2.75 bits per heavy atom. The van der Waals surface area contributed by atoms with E-state index in [1.54, 1.807) is 0 Å². The number of thioether (sulfide) groups is 1. The van der Waals surface area contributed by atoms with Gasteiger partial charge in [0.2, 0.25) is 11.8 Å². The van der Waals surface area contributed by atoms with Crippen LogP contribution in [0.25, 0.3) is 0 Å². The molecule has 8 heteroatoms. The highest BCUT2D eigenvalue weighted by atomic mass is 32.2. The molecule has 1 heterocycles. The van der Waals surface area contributed by atoms with Gasteiger partial charge in [-0.2, -0.15) is 13.2 Å². The summed E-state index contributed by atoms with van der Waals surface area (Å²) < 4.78 is 38.1. The third-order valence-electron chi connectivity index (χ3n) is 3.60. The van der Waals surface area contributed by atoms with Crippen molar-refractivity contribution < 1.29 is 22.8 Å². The normalized spacial score (nSPS) is 17.2. The van der Waals surface area contributed by atoms with E-state index in [2.05, 4.69) is 17.6 Å². The summed E-state index contributed by atoms with van der Waals surface area (Å²) in [5, 5.41) is 4.58. The van der Waals surface area contributed by atoms with E-state index in [9.17, 15) is 22.8 Å². The number of amides is 2. The maximum absolute atomic E-state index is 12.7. The number of hydrogen-bond donors (Lipinski definition) is 2. The minimum absolute atomic E-state index is 0.00306. The molecule has 0 aliphatic carbocycles. The van der Waals surface area contributed by atoms with E-state index >= 15 is 0 Å². The molecule has 2 N–H and O–H groups in total. The van der Waals surface area contributed by atoms with Gasteiger partial charge in [-0.25, -0.2) is 0 Å². The molecule has 1 aromatic carbocycles. The molecule has 0 spiro atoms. The van der Waals surface area contributed by atoms with Crippen LogP contribution in [-0.4, -0.2) is 23.6 Å². The van der Waals surface area contributed by atoms with Crippen LogP contribution >= 0.6 is 11.8 Å². The van der Waals surface area contributed by atoms with Crippen molar-refractivity contribution >= 4 is 29.3 Å². The summed E-state index contributed by atoms with van der Waals surface area (Å²) in [7, 11) is 0. The van der Waals surface area contributed by atoms with E-state index in [0.29, 0.717) is 11.4 Å². The lowest BCUT2D eigenvalue weighted by atomic mass is 10.1. The van der Waals surface area contributed by atoms with Gasteiger partial charge in [-0.05, 0) is 24.6 Å². The van der Waals surface area contributed by atoms with Gasteiger partial charge in [0.1, 0.15) is 0 Å². The first-order valence-electron chi connectivity index (χ1n) is 7.76. The van der Waals surface area contributed by atoms with Crippen LogP contribution in [0.2, 0.25) is 0 Å². The fraction of sp³-hybridized carbons (Fsp3) is 0.500. The van der Waals surface area contributed by atoms with Crippen molar-refractivity contribution in [2.75, 3.05) is 11.9 Å². The summed E-state index contributed by atoms with van der Waals surface area (Å²) in [6, 6.07) is 3.22. The first-order valence-corrected chi connectivity index (χ1v) is 8.64. The summed E-state index contributed by atoms with van der Waals surface area (Å²) >= 11 is 1.12. The number of anilines is 1. The number of fused-ring (bicyclic) bond motifs is 1. The van der Waals surface area contributed by atoms with E-state index < -0.39 is 22.9 Å². The Bertz CT molecular complexity index is 620. The molecule has 1 aliphatic rings. The molecule has 0 radical (unpaired) electrons. The molecule has 2 rings (SSSR count). The average Bonchev–Trinajstić information content (AvgIpc) is 2.51. The number of nitrogens with one attached hydrogen (secondary N) is 2. The third kappa shape index (κ3) is 4.90. The molecule has 0 saturated carbocycles. The van der Waals surface area contributed by atoms with Gasteiger partial charge in [-0.15, -0.1) is 11.8 Å². The Balaban J connectivity index is 1.97. The van der Waals surface area contributed by atoms with Crippen LogP contribution < -0.4 is 10.6 Å². The zero-order chi connectivity index (χ0) is 17.7. The van der Waals surface area contributed by atoms with Crippen molar-refractivity contribution in [3.05, 3.63) is 23.8 Å². The highest BCUT2D eigenvalue weighted by Gasteiger charge is 2.34. The fourth-order valence-corrected chi connectivity index (χ4v) is 3.40. The first-order chi connectivity index (χ1) is 11.3. The monoisotopic (exact) mass is 360 g/mol. The second-order valence-electron chi connectivity index (χ2n) is 5.57. The molecule has 1 aromatic rings. The van der Waals surface area contributed by atoms with Crippen molar-refractivity contribution in [2.45, 2.75) is 48.9 Å². The van der Waals surface area contributed by atoms with E-state index in [4.69, 9.17) is 0 Å². The van der Waals surface area contributed by atoms with Crippen LogP contribution in [0.1, 0.15) is 38.2 Å². The summed E-state index contributed by atoms with van der Waals surface area (Å²) in [5.41, 5.74) is -0.673. The van der Waals surface area contributed by atoms with Crippen LogP contribution in [0.3, 0.4) is 0 Å². The number of hydrogen-bond acceptors (Lipinski definition) is 3. The van der Waals surface area contributed by atoms with Crippen LogP contribution in [0.5, 0.6) is 0 Å². The van der Waals surface area contributed by atoms with Crippen molar-refractivity contribution in [2.24, 2.45) is 0 Å². The van der Waals surface area contributed by atoms with Crippen molar-refractivity contribution in [3.8, 4) is 0 Å². The zero-order valence-electron chi connectivity index (χ0n) is 13.2. The molecule has 2 amide bonds. The summed E-state index contributed by atoms with van der Waals surface area (Å²) in [6.07, 6.45) is -1.50. The number of unbranched alkanes of at least 4 members (excludes halogenated alkanes) is 2. The lowest BCUT2D eigenvalue weighted by Gasteiger charge is -2.24. The molecule has 1 unspecified atom stereocenters. The molecular formula is C16H19F3N2O2S. The van der Waals surface area contributed by atoms with Gasteiger partial charge in [0.15, 0.2) is 0 Å². The number of benzene rings is 1. The molecule has 1 aliphatic heterocycles. The van der Waals surface area contributed by atoms with Crippen molar-refractivity contribution in [1.82, 2.24) is 5.32 Å². The predicted octanol–water partition coefficient (Wildman–Crippen LogP) is 3.81. The maximum atomic E-state index is 12.7. The summed E-state index contributed by atoms with van der Waals surface area (Å²) in [6.45, 7) is 2.63. The molecule has 0 bridgehead atoms. The van der Waals surface area contributed by atoms with Crippen LogP contribution in [-0.2, 0) is 15.8 Å². The summed E-state index contributed by atoms with van der Waals surface area (Å²) in [5.74, 6) is -0.676. The quantitative estimate of drug-likeness (QED) is 0.759. The highest BCUT2D eigenvalue weighted by Crippen LogP contribution is 2.40. The Morgan fingerprint density at radius 2 is 2.08 bits per heavy atom. The zero-order valence-corrected chi connectivity index (χ0v) is 14.0. The Kier molecular flexibility index (Phi) is 6.15. The van der Waals surface area contributed by atoms with Gasteiger partial charge in [0, 0.05) is 17.9 Å². The minimum Gasteiger partial charge on any atom is -0.356 e. The second kappa shape index (κ2) is 7.92. The van der Waals surface area contributed by atoms with E-state index in [-0.39, 0.29) is 18.0 Å². The minimum atomic E-state index is -4.46. The van der Waals surface area contributed by atoms with Gasteiger partial charge >= 0.3 is 6.18 Å². The maximum Gasteiger partial charge on any atom is 0.416 e. The van der Waals surface area contributed by atoms with E-state index in [0.717, 1.165) is 43.2 Å². The predicted molar refractivity (Wildman–Crippen MR) is 86.9 cm³/mol. The van der Waals surface area contributed by atoms with E-state index in [1.165, 1.54) is 6.07 Å². The second-order valence-corrected chi connectivity index (χ2v) is 6.81. The number of alkyl halides is 3. The Labute approximate surface area is 142 Å². The van der Waals surface area contributed by atoms with Crippen molar-refractivity contribution in [3.63, 3.8) is 0 Å². The fourth-order valence-electron chi connectivity index (χ4n) is 2.30. The molecule has 24 heavy (non-hydrogen) atoms. The smallest absolute Gasteiger partial charge is 0.356 e. The average molecular weight is 360 g/mol. The number of carbonyl (C=O) groups excluding carboxylic acids is 2. The van der Waals surface area contributed by atoms with Gasteiger partial charge in [0.05, 0.1) is 16.5 Å². The third-order valence-corrected chi connectivity index (χ3v) is 4.87. The molecule has 0 aromatic heterocycles. The SMILES string of the molecule is CCCCCNC(=O)CC1Sc2ccc(C(F)(F)F)cc2NC1=O. The van der Waals surface area contributed by atoms with E-state index in [1.807, 2.05) is 0 Å². The molecular weight excluding hydrogens is 341 g/mol. The summed E-state index contributed by atoms with van der Waals surface area (Å²) in [4.78, 5) is 24.4. The molecule has 0 saturated heterocycles. The van der Waals surface area contributed by atoms with Gasteiger partial charge in [0.25, 0.3) is 0 Å². The topological polar surface area (TPSA) is 58.2 Å². The molecule has 1 atom stereocenters. The van der Waals surface area contributed by atoms with Gasteiger partial charge < -0.3 is 10.6 Å². The number of rotatable bonds is 6. The molecule has 0 fully saturated rings. The lowest BCUT2D eigenvalue weighted by Crippen LogP contribution is -2.35. The van der Waals surface area contributed by atoms with Crippen LogP contribution in [0.4, 0.5) is 18.9 Å². The standard InChI is InChI=1S/C16H19F3N2O2S/c1-2-3-4-7-20-14(22)9-13-15(23)21-11-8-10(16(17,18)19)5-6-12(11)24-13/h5-6,8,13H,2-4,7,9H2,1H3,(H,20,22)(H,21,23). The number of carbonyl (C=O) groups is 2. The lowest BCUT2D eigenvalue weighted by molar-refractivity contribution is -0.137. The van der Waals surface area contributed by atoms with Crippen molar-refractivity contribution in [1.29, 1.82) is 0 Å². The Hall–Kier alpha value is -1.70.